The number of ether oxygens (including phenoxy) is 1. The number of aromatic nitrogens is 1. The predicted molar refractivity (Wildman–Crippen MR) is 78.8 cm³/mol. The fourth-order valence-corrected chi connectivity index (χ4v) is 4.12. The van der Waals surface area contributed by atoms with Crippen LogP contribution in [0.15, 0.2) is 0 Å². The second-order valence-electron chi connectivity index (χ2n) is 5.95. The van der Waals surface area contributed by atoms with Crippen molar-refractivity contribution in [1.29, 1.82) is 0 Å². The Morgan fingerprint density at radius 2 is 2.20 bits per heavy atom. The highest BCUT2D eigenvalue weighted by atomic mass is 32.1. The quantitative estimate of drug-likeness (QED) is 0.842. The van der Waals surface area contributed by atoms with Gasteiger partial charge < -0.3 is 9.64 Å². The van der Waals surface area contributed by atoms with Crippen molar-refractivity contribution in [2.45, 2.75) is 58.1 Å². The lowest BCUT2D eigenvalue weighted by Crippen LogP contribution is -2.32. The largest absolute Gasteiger partial charge is 0.375 e. The van der Waals surface area contributed by atoms with Crippen LogP contribution < -0.4 is 0 Å². The second kappa shape index (κ2) is 5.45. The summed E-state index contributed by atoms with van der Waals surface area (Å²) >= 11 is 1.70. The number of amides is 1. The van der Waals surface area contributed by atoms with E-state index in [9.17, 15) is 4.79 Å². The van der Waals surface area contributed by atoms with E-state index in [0.29, 0.717) is 13.0 Å². The van der Waals surface area contributed by atoms with Gasteiger partial charge in [-0.15, -0.1) is 11.3 Å². The SMILES string of the molecule is Cc1nc(CN2CCC3(CCCO3)CCC2=O)sc1C. The second-order valence-corrected chi connectivity index (χ2v) is 7.24. The number of rotatable bonds is 2. The molecule has 2 aliphatic heterocycles. The molecule has 5 heteroatoms. The molecule has 0 bridgehead atoms. The van der Waals surface area contributed by atoms with Crippen molar-refractivity contribution < 1.29 is 9.53 Å². The standard InChI is InChI=1S/C15H22N2O2S/c1-11-12(2)20-13(16-11)10-17-8-7-15(5-3-9-19-15)6-4-14(17)18/h3-10H2,1-2H3. The van der Waals surface area contributed by atoms with Crippen LogP contribution in [0.25, 0.3) is 0 Å². The molecule has 2 aliphatic rings. The minimum atomic E-state index is -0.0148. The van der Waals surface area contributed by atoms with E-state index in [2.05, 4.69) is 11.9 Å². The Morgan fingerprint density at radius 3 is 2.85 bits per heavy atom. The Kier molecular flexibility index (Phi) is 3.82. The maximum absolute atomic E-state index is 12.3. The highest BCUT2D eigenvalue weighted by Crippen LogP contribution is 2.36. The Balaban J connectivity index is 1.68. The molecule has 1 amide bonds. The summed E-state index contributed by atoms with van der Waals surface area (Å²) in [6.45, 7) is 6.44. The molecule has 1 aromatic heterocycles. The molecule has 2 saturated heterocycles. The predicted octanol–water partition coefficient (Wildman–Crippen LogP) is 2.82. The maximum Gasteiger partial charge on any atom is 0.223 e. The lowest BCUT2D eigenvalue weighted by atomic mass is 9.92. The molecule has 3 heterocycles. The molecule has 4 nitrogen and oxygen atoms in total. The molecule has 0 saturated carbocycles. The van der Waals surface area contributed by atoms with Crippen molar-refractivity contribution in [3.63, 3.8) is 0 Å². The maximum atomic E-state index is 12.3. The fourth-order valence-electron chi connectivity index (χ4n) is 3.17. The molecule has 3 rings (SSSR count). The van der Waals surface area contributed by atoms with Crippen molar-refractivity contribution in [2.24, 2.45) is 0 Å². The molecule has 0 aromatic carbocycles. The van der Waals surface area contributed by atoms with Crippen LogP contribution in [0.5, 0.6) is 0 Å². The van der Waals surface area contributed by atoms with E-state index >= 15 is 0 Å². The van der Waals surface area contributed by atoms with Gasteiger partial charge >= 0.3 is 0 Å². The van der Waals surface area contributed by atoms with Crippen LogP contribution in [0.2, 0.25) is 0 Å². The highest BCUT2D eigenvalue weighted by molar-refractivity contribution is 7.11. The van der Waals surface area contributed by atoms with Crippen molar-refractivity contribution in [1.82, 2.24) is 9.88 Å². The lowest BCUT2D eigenvalue weighted by molar-refractivity contribution is -0.131. The molecule has 1 atom stereocenters. The van der Waals surface area contributed by atoms with Crippen LogP contribution in [-0.2, 0) is 16.1 Å². The molecule has 1 spiro atoms. The third-order valence-electron chi connectivity index (χ3n) is 4.57. The summed E-state index contributed by atoms with van der Waals surface area (Å²) in [5, 5.41) is 1.05. The molecule has 0 aliphatic carbocycles. The first kappa shape index (κ1) is 14.0. The Morgan fingerprint density at radius 1 is 1.35 bits per heavy atom. The van der Waals surface area contributed by atoms with E-state index in [0.717, 1.165) is 49.5 Å². The molecule has 0 radical (unpaired) electrons. The lowest BCUT2D eigenvalue weighted by Gasteiger charge is -2.26. The van der Waals surface area contributed by atoms with Crippen LogP contribution in [0.4, 0.5) is 0 Å². The van der Waals surface area contributed by atoms with Gasteiger partial charge in [0.15, 0.2) is 0 Å². The van der Waals surface area contributed by atoms with E-state index in [1.807, 2.05) is 11.8 Å². The summed E-state index contributed by atoms with van der Waals surface area (Å²) < 4.78 is 5.94. The molecule has 20 heavy (non-hydrogen) atoms. The van der Waals surface area contributed by atoms with E-state index < -0.39 is 0 Å². The van der Waals surface area contributed by atoms with Gasteiger partial charge in [-0.1, -0.05) is 0 Å². The van der Waals surface area contributed by atoms with Crippen molar-refractivity contribution in [2.75, 3.05) is 13.2 Å². The number of carbonyl (C=O) groups excluding carboxylic acids is 1. The summed E-state index contributed by atoms with van der Waals surface area (Å²) in [5.74, 6) is 0.253. The minimum Gasteiger partial charge on any atom is -0.375 e. The first-order valence-electron chi connectivity index (χ1n) is 7.43. The van der Waals surface area contributed by atoms with Crippen LogP contribution in [0, 0.1) is 13.8 Å². The van der Waals surface area contributed by atoms with Crippen LogP contribution in [0.1, 0.15) is 47.7 Å². The Labute approximate surface area is 124 Å². The van der Waals surface area contributed by atoms with E-state index in [1.54, 1.807) is 11.3 Å². The molecule has 2 fully saturated rings. The summed E-state index contributed by atoms with van der Waals surface area (Å²) in [4.78, 5) is 20.1. The van der Waals surface area contributed by atoms with Crippen molar-refractivity contribution in [3.05, 3.63) is 15.6 Å². The number of hydrogen-bond acceptors (Lipinski definition) is 4. The van der Waals surface area contributed by atoms with Gasteiger partial charge in [-0.2, -0.15) is 0 Å². The van der Waals surface area contributed by atoms with Gasteiger partial charge in [-0.3, -0.25) is 4.79 Å². The normalized spacial score (nSPS) is 27.3. The topological polar surface area (TPSA) is 42.4 Å². The number of aryl methyl sites for hydroxylation is 2. The van der Waals surface area contributed by atoms with Gasteiger partial charge in [0.1, 0.15) is 5.01 Å². The molecule has 1 aromatic rings. The summed E-state index contributed by atoms with van der Waals surface area (Å²) in [7, 11) is 0. The number of likely N-dealkylation sites (tertiary alicyclic amines) is 1. The molecule has 0 N–H and O–H groups in total. The minimum absolute atomic E-state index is 0.0148. The summed E-state index contributed by atoms with van der Waals surface area (Å²) in [6.07, 6.45) is 4.73. The Hall–Kier alpha value is -0.940. The van der Waals surface area contributed by atoms with E-state index in [-0.39, 0.29) is 11.5 Å². The number of hydrogen-bond donors (Lipinski definition) is 0. The molecule has 1 unspecified atom stereocenters. The first-order chi connectivity index (χ1) is 9.58. The third-order valence-corrected chi connectivity index (χ3v) is 5.63. The smallest absolute Gasteiger partial charge is 0.223 e. The van der Waals surface area contributed by atoms with Crippen LogP contribution in [0.3, 0.4) is 0 Å². The van der Waals surface area contributed by atoms with Gasteiger partial charge in [0.25, 0.3) is 0 Å². The zero-order valence-electron chi connectivity index (χ0n) is 12.3. The fraction of sp³-hybridized carbons (Fsp3) is 0.733. The summed E-state index contributed by atoms with van der Waals surface area (Å²) in [5.41, 5.74) is 1.07. The first-order valence-corrected chi connectivity index (χ1v) is 8.24. The zero-order valence-corrected chi connectivity index (χ0v) is 13.1. The van der Waals surface area contributed by atoms with Gasteiger partial charge in [0.2, 0.25) is 5.91 Å². The van der Waals surface area contributed by atoms with E-state index in [1.165, 1.54) is 4.88 Å². The highest BCUT2D eigenvalue weighted by Gasteiger charge is 2.38. The zero-order chi connectivity index (χ0) is 14.2. The van der Waals surface area contributed by atoms with Gasteiger partial charge in [0, 0.05) is 24.4 Å². The number of carbonyl (C=O) groups is 1. The van der Waals surface area contributed by atoms with Gasteiger partial charge in [-0.05, 0) is 39.5 Å². The molecule has 110 valence electrons. The van der Waals surface area contributed by atoms with Gasteiger partial charge in [-0.25, -0.2) is 4.98 Å². The van der Waals surface area contributed by atoms with Crippen molar-refractivity contribution in [3.8, 4) is 0 Å². The average Bonchev–Trinajstić information content (AvgIpc) is 2.96. The summed E-state index contributed by atoms with van der Waals surface area (Å²) in [6, 6.07) is 0. The Bertz CT molecular complexity index is 486. The third kappa shape index (κ3) is 2.74. The van der Waals surface area contributed by atoms with Crippen LogP contribution in [-0.4, -0.2) is 34.5 Å². The molecular weight excluding hydrogens is 272 g/mol. The van der Waals surface area contributed by atoms with Crippen LogP contribution >= 0.6 is 11.3 Å². The van der Waals surface area contributed by atoms with E-state index in [4.69, 9.17) is 4.74 Å². The van der Waals surface area contributed by atoms with Gasteiger partial charge in [0.05, 0.1) is 17.8 Å². The monoisotopic (exact) mass is 294 g/mol. The number of nitrogens with zero attached hydrogens (tertiary/aromatic N) is 2. The average molecular weight is 294 g/mol. The molecular formula is C15H22N2O2S. The number of thiazole rings is 1. The van der Waals surface area contributed by atoms with Crippen molar-refractivity contribution >= 4 is 17.2 Å².